The highest BCUT2D eigenvalue weighted by Gasteiger charge is 2.02. The predicted octanol–water partition coefficient (Wildman–Crippen LogP) is 0.372. The van der Waals surface area contributed by atoms with E-state index >= 15 is 0 Å². The Bertz CT molecular complexity index is 551. The Labute approximate surface area is 98.8 Å². The van der Waals surface area contributed by atoms with E-state index < -0.39 is 0 Å². The Morgan fingerprint density at radius 1 is 1.29 bits per heavy atom. The van der Waals surface area contributed by atoms with E-state index in [1.165, 1.54) is 4.68 Å². The highest BCUT2D eigenvalue weighted by molar-refractivity contribution is 5.80. The van der Waals surface area contributed by atoms with Gasteiger partial charge in [0, 0.05) is 11.9 Å². The minimum atomic E-state index is -0.0838. The molecule has 0 saturated carbocycles. The molecule has 0 atom stereocenters. The number of nitrogens with two attached hydrogens (primary N) is 1. The van der Waals surface area contributed by atoms with E-state index in [0.29, 0.717) is 31.7 Å². The standard InChI is InChI=1S/C12H15N3O2/c13-5-7-17-8-6-15-12(16)11-4-2-1-3-10(11)9-14-15/h1-4,9H,5-8,13H2. The lowest BCUT2D eigenvalue weighted by atomic mass is 10.2. The molecule has 0 unspecified atom stereocenters. The number of aromatic nitrogens is 2. The lowest BCUT2D eigenvalue weighted by molar-refractivity contribution is 0.129. The van der Waals surface area contributed by atoms with Gasteiger partial charge in [0.1, 0.15) is 0 Å². The minimum absolute atomic E-state index is 0.0838. The maximum absolute atomic E-state index is 12.0. The Hall–Kier alpha value is -1.72. The van der Waals surface area contributed by atoms with Crippen LogP contribution in [-0.4, -0.2) is 29.5 Å². The molecule has 0 amide bonds. The van der Waals surface area contributed by atoms with Crippen LogP contribution >= 0.6 is 0 Å². The zero-order valence-corrected chi connectivity index (χ0v) is 9.50. The second kappa shape index (κ2) is 5.56. The number of fused-ring (bicyclic) bond motifs is 1. The molecule has 1 heterocycles. The molecular formula is C12H15N3O2. The third-order valence-corrected chi connectivity index (χ3v) is 2.47. The van der Waals surface area contributed by atoms with Gasteiger partial charge >= 0.3 is 0 Å². The quantitative estimate of drug-likeness (QED) is 0.757. The van der Waals surface area contributed by atoms with Crippen LogP contribution in [0.3, 0.4) is 0 Å². The van der Waals surface area contributed by atoms with Crippen LogP contribution < -0.4 is 11.3 Å². The summed E-state index contributed by atoms with van der Waals surface area (Å²) in [5, 5.41) is 5.64. The van der Waals surface area contributed by atoms with E-state index in [4.69, 9.17) is 10.5 Å². The van der Waals surface area contributed by atoms with Gasteiger partial charge in [-0.05, 0) is 6.07 Å². The van der Waals surface area contributed by atoms with Crippen LogP contribution in [0.2, 0.25) is 0 Å². The first-order valence-electron chi connectivity index (χ1n) is 5.55. The summed E-state index contributed by atoms with van der Waals surface area (Å²) < 4.78 is 6.64. The molecule has 2 aromatic rings. The van der Waals surface area contributed by atoms with E-state index in [1.54, 1.807) is 12.3 Å². The smallest absolute Gasteiger partial charge is 0.274 e. The summed E-state index contributed by atoms with van der Waals surface area (Å²) in [6, 6.07) is 7.41. The predicted molar refractivity (Wildman–Crippen MR) is 65.9 cm³/mol. The molecule has 5 heteroatoms. The van der Waals surface area contributed by atoms with Crippen molar-refractivity contribution in [1.82, 2.24) is 9.78 Å². The van der Waals surface area contributed by atoms with Crippen molar-refractivity contribution in [3.05, 3.63) is 40.8 Å². The highest BCUT2D eigenvalue weighted by atomic mass is 16.5. The van der Waals surface area contributed by atoms with Crippen LogP contribution in [0.15, 0.2) is 35.3 Å². The summed E-state index contributed by atoms with van der Waals surface area (Å²) in [6.07, 6.45) is 1.69. The molecule has 1 aromatic heterocycles. The number of hydrogen-bond acceptors (Lipinski definition) is 4. The molecule has 17 heavy (non-hydrogen) atoms. The monoisotopic (exact) mass is 233 g/mol. The summed E-state index contributed by atoms with van der Waals surface area (Å²) >= 11 is 0. The summed E-state index contributed by atoms with van der Waals surface area (Å²) in [7, 11) is 0. The average Bonchev–Trinajstić information content (AvgIpc) is 2.37. The van der Waals surface area contributed by atoms with Gasteiger partial charge in [-0.3, -0.25) is 4.79 Å². The molecule has 2 rings (SSSR count). The van der Waals surface area contributed by atoms with E-state index in [1.807, 2.05) is 18.2 Å². The van der Waals surface area contributed by atoms with Crippen molar-refractivity contribution in [2.45, 2.75) is 6.54 Å². The molecular weight excluding hydrogens is 218 g/mol. The fourth-order valence-electron chi connectivity index (χ4n) is 1.62. The van der Waals surface area contributed by atoms with Crippen LogP contribution in [0.4, 0.5) is 0 Å². The molecule has 0 fully saturated rings. The molecule has 90 valence electrons. The molecule has 0 aliphatic rings. The average molecular weight is 233 g/mol. The number of ether oxygens (including phenoxy) is 1. The largest absolute Gasteiger partial charge is 0.378 e. The van der Waals surface area contributed by atoms with Gasteiger partial charge in [0.2, 0.25) is 0 Å². The van der Waals surface area contributed by atoms with Gasteiger partial charge in [-0.1, -0.05) is 18.2 Å². The second-order valence-electron chi connectivity index (χ2n) is 3.66. The Balaban J connectivity index is 2.18. The summed E-state index contributed by atoms with van der Waals surface area (Å²) in [4.78, 5) is 12.0. The Morgan fingerprint density at radius 2 is 2.12 bits per heavy atom. The summed E-state index contributed by atoms with van der Waals surface area (Å²) in [5.74, 6) is 0. The van der Waals surface area contributed by atoms with Gasteiger partial charge in [-0.25, -0.2) is 4.68 Å². The number of hydrogen-bond donors (Lipinski definition) is 1. The van der Waals surface area contributed by atoms with Gasteiger partial charge in [0.15, 0.2) is 0 Å². The van der Waals surface area contributed by atoms with Crippen LogP contribution in [-0.2, 0) is 11.3 Å². The summed E-state index contributed by atoms with van der Waals surface area (Å²) in [5.41, 5.74) is 5.22. The first-order chi connectivity index (χ1) is 8.33. The number of rotatable bonds is 5. The summed E-state index contributed by atoms with van der Waals surface area (Å²) in [6.45, 7) is 1.88. The SMILES string of the molecule is NCCOCCn1ncc2ccccc2c1=O. The van der Waals surface area contributed by atoms with Crippen molar-refractivity contribution < 1.29 is 4.74 Å². The fraction of sp³-hybridized carbons (Fsp3) is 0.333. The first kappa shape index (κ1) is 11.8. The Morgan fingerprint density at radius 3 is 2.94 bits per heavy atom. The second-order valence-corrected chi connectivity index (χ2v) is 3.66. The van der Waals surface area contributed by atoms with Crippen molar-refractivity contribution in [3.63, 3.8) is 0 Å². The normalized spacial score (nSPS) is 10.9. The first-order valence-corrected chi connectivity index (χ1v) is 5.55. The van der Waals surface area contributed by atoms with E-state index in [-0.39, 0.29) is 5.56 Å². The van der Waals surface area contributed by atoms with Gasteiger partial charge < -0.3 is 10.5 Å². The van der Waals surface area contributed by atoms with Crippen LogP contribution in [0.1, 0.15) is 0 Å². The van der Waals surface area contributed by atoms with Crippen LogP contribution in [0, 0.1) is 0 Å². The minimum Gasteiger partial charge on any atom is -0.378 e. The Kier molecular flexibility index (Phi) is 3.85. The number of nitrogens with zero attached hydrogens (tertiary/aromatic N) is 2. The molecule has 2 N–H and O–H groups in total. The lowest BCUT2D eigenvalue weighted by Gasteiger charge is -2.06. The van der Waals surface area contributed by atoms with Crippen molar-refractivity contribution in [2.24, 2.45) is 5.73 Å². The molecule has 0 bridgehead atoms. The van der Waals surface area contributed by atoms with E-state index in [9.17, 15) is 4.79 Å². The van der Waals surface area contributed by atoms with Gasteiger partial charge in [0.25, 0.3) is 5.56 Å². The third kappa shape index (κ3) is 2.69. The van der Waals surface area contributed by atoms with Crippen molar-refractivity contribution in [1.29, 1.82) is 0 Å². The third-order valence-electron chi connectivity index (χ3n) is 2.47. The lowest BCUT2D eigenvalue weighted by Crippen LogP contribution is -2.25. The van der Waals surface area contributed by atoms with E-state index in [2.05, 4.69) is 5.10 Å². The molecule has 5 nitrogen and oxygen atoms in total. The molecule has 1 aromatic carbocycles. The van der Waals surface area contributed by atoms with Crippen LogP contribution in [0.25, 0.3) is 10.8 Å². The zero-order valence-electron chi connectivity index (χ0n) is 9.50. The van der Waals surface area contributed by atoms with E-state index in [0.717, 1.165) is 5.39 Å². The highest BCUT2D eigenvalue weighted by Crippen LogP contribution is 2.05. The van der Waals surface area contributed by atoms with Crippen molar-refractivity contribution in [2.75, 3.05) is 19.8 Å². The molecule has 0 spiro atoms. The molecule has 0 aliphatic heterocycles. The number of benzene rings is 1. The van der Waals surface area contributed by atoms with Gasteiger partial charge in [0.05, 0.1) is 31.3 Å². The maximum Gasteiger partial charge on any atom is 0.274 e. The van der Waals surface area contributed by atoms with Crippen molar-refractivity contribution in [3.8, 4) is 0 Å². The zero-order chi connectivity index (χ0) is 12.1. The van der Waals surface area contributed by atoms with Gasteiger partial charge in [-0.2, -0.15) is 5.10 Å². The maximum atomic E-state index is 12.0. The topological polar surface area (TPSA) is 70.1 Å². The molecule has 0 aliphatic carbocycles. The van der Waals surface area contributed by atoms with Gasteiger partial charge in [-0.15, -0.1) is 0 Å². The fourth-order valence-corrected chi connectivity index (χ4v) is 1.62. The molecule has 0 saturated heterocycles. The molecule has 0 radical (unpaired) electrons. The van der Waals surface area contributed by atoms with Crippen LogP contribution in [0.5, 0.6) is 0 Å². The van der Waals surface area contributed by atoms with Crippen molar-refractivity contribution >= 4 is 10.8 Å².